The van der Waals surface area contributed by atoms with Gasteiger partial charge in [-0.3, -0.25) is 0 Å². The van der Waals surface area contributed by atoms with Crippen molar-refractivity contribution in [1.29, 1.82) is 0 Å². The Balaban J connectivity index is 2.71. The van der Waals surface area contributed by atoms with Crippen molar-refractivity contribution in [2.24, 2.45) is 5.84 Å². The molecule has 4 nitrogen and oxygen atoms in total. The summed E-state index contributed by atoms with van der Waals surface area (Å²) in [6, 6.07) is 7.40. The van der Waals surface area contributed by atoms with Crippen LogP contribution in [0.3, 0.4) is 0 Å². The fraction of sp³-hybridized carbons (Fsp3) is 0.125. The van der Waals surface area contributed by atoms with Gasteiger partial charge in [0.25, 0.3) is 0 Å². The lowest BCUT2D eigenvalue weighted by molar-refractivity contribution is 0.415. The van der Waals surface area contributed by atoms with Gasteiger partial charge in [-0.15, -0.1) is 0 Å². The van der Waals surface area contributed by atoms with Crippen LogP contribution >= 0.6 is 12.2 Å². The first-order valence-corrected chi connectivity index (χ1v) is 4.08. The molecule has 0 radical (unpaired) electrons. The third-order valence-corrected chi connectivity index (χ3v) is 1.68. The summed E-state index contributed by atoms with van der Waals surface area (Å²) in [5.41, 5.74) is 3.17. The second-order valence-corrected chi connectivity index (χ2v) is 2.74. The maximum absolute atomic E-state index is 5.11. The fourth-order valence-electron chi connectivity index (χ4n) is 0.868. The number of anilines is 1. The van der Waals surface area contributed by atoms with E-state index in [-0.39, 0.29) is 0 Å². The van der Waals surface area contributed by atoms with Crippen LogP contribution < -0.4 is 21.3 Å². The molecule has 0 aliphatic heterocycles. The van der Waals surface area contributed by atoms with Crippen molar-refractivity contribution in [3.8, 4) is 5.75 Å². The first-order valence-electron chi connectivity index (χ1n) is 3.68. The summed E-state index contributed by atoms with van der Waals surface area (Å²) >= 11 is 4.83. The van der Waals surface area contributed by atoms with Gasteiger partial charge in [0.1, 0.15) is 5.75 Å². The van der Waals surface area contributed by atoms with Gasteiger partial charge in [0.2, 0.25) is 0 Å². The molecule has 70 valence electrons. The number of rotatable bonds is 2. The molecule has 1 aromatic carbocycles. The van der Waals surface area contributed by atoms with Crippen LogP contribution in [-0.4, -0.2) is 12.2 Å². The number of benzene rings is 1. The van der Waals surface area contributed by atoms with Gasteiger partial charge in [0, 0.05) is 11.8 Å². The van der Waals surface area contributed by atoms with E-state index in [1.807, 2.05) is 24.3 Å². The van der Waals surface area contributed by atoms with E-state index in [0.29, 0.717) is 5.11 Å². The highest BCUT2D eigenvalue weighted by molar-refractivity contribution is 7.80. The smallest absolute Gasteiger partial charge is 0.185 e. The molecular weight excluding hydrogens is 186 g/mol. The SMILES string of the molecule is COc1cccc(NC(=S)NN)c1. The number of nitrogens with one attached hydrogen (secondary N) is 2. The van der Waals surface area contributed by atoms with E-state index < -0.39 is 0 Å². The van der Waals surface area contributed by atoms with Crippen molar-refractivity contribution in [2.45, 2.75) is 0 Å². The van der Waals surface area contributed by atoms with E-state index in [9.17, 15) is 0 Å². The lowest BCUT2D eigenvalue weighted by atomic mass is 10.3. The zero-order chi connectivity index (χ0) is 9.68. The lowest BCUT2D eigenvalue weighted by Crippen LogP contribution is -2.34. The van der Waals surface area contributed by atoms with Crippen molar-refractivity contribution in [3.63, 3.8) is 0 Å². The van der Waals surface area contributed by atoms with E-state index >= 15 is 0 Å². The van der Waals surface area contributed by atoms with Crippen LogP contribution in [0.1, 0.15) is 0 Å². The summed E-state index contributed by atoms with van der Waals surface area (Å²) in [5, 5.41) is 3.25. The Labute approximate surface area is 82.0 Å². The first-order chi connectivity index (χ1) is 6.26. The summed E-state index contributed by atoms with van der Waals surface area (Å²) in [6.45, 7) is 0. The van der Waals surface area contributed by atoms with Crippen LogP contribution in [0.4, 0.5) is 5.69 Å². The Hall–Kier alpha value is -1.33. The minimum atomic E-state index is 0.369. The molecule has 0 fully saturated rings. The maximum Gasteiger partial charge on any atom is 0.185 e. The Bertz CT molecular complexity index is 303. The standard InChI is InChI=1S/C8H11N3OS/c1-12-7-4-2-3-6(5-7)10-8(13)11-9/h2-5H,9H2,1H3,(H2,10,11,13). The van der Waals surface area contributed by atoms with Crippen LogP contribution in [0.25, 0.3) is 0 Å². The molecule has 1 aromatic rings. The van der Waals surface area contributed by atoms with Gasteiger partial charge in [-0.25, -0.2) is 5.84 Å². The number of hydrogen-bond acceptors (Lipinski definition) is 3. The highest BCUT2D eigenvalue weighted by Gasteiger charge is 1.96. The average Bonchev–Trinajstić information content (AvgIpc) is 2.18. The van der Waals surface area contributed by atoms with E-state index in [4.69, 9.17) is 22.8 Å². The van der Waals surface area contributed by atoms with Crippen molar-refractivity contribution in [2.75, 3.05) is 12.4 Å². The number of nitrogens with two attached hydrogens (primary N) is 1. The summed E-state index contributed by atoms with van der Waals surface area (Å²) in [6.07, 6.45) is 0. The predicted octanol–water partition coefficient (Wildman–Crippen LogP) is 0.855. The molecule has 0 aliphatic carbocycles. The molecule has 0 spiro atoms. The summed E-state index contributed by atoms with van der Waals surface area (Å²) in [7, 11) is 1.61. The molecule has 0 bridgehead atoms. The quantitative estimate of drug-likeness (QED) is 0.373. The zero-order valence-corrected chi connectivity index (χ0v) is 8.02. The van der Waals surface area contributed by atoms with Gasteiger partial charge in [0.15, 0.2) is 5.11 Å². The fourth-order valence-corrected chi connectivity index (χ4v) is 0.986. The van der Waals surface area contributed by atoms with Gasteiger partial charge in [-0.2, -0.15) is 0 Å². The van der Waals surface area contributed by atoms with Gasteiger partial charge in [0.05, 0.1) is 7.11 Å². The van der Waals surface area contributed by atoms with Gasteiger partial charge >= 0.3 is 0 Å². The van der Waals surface area contributed by atoms with Crippen LogP contribution in [0.15, 0.2) is 24.3 Å². The summed E-state index contributed by atoms with van der Waals surface area (Å²) in [5.74, 6) is 5.87. The molecule has 0 aliphatic rings. The van der Waals surface area contributed by atoms with Crippen LogP contribution in [0.2, 0.25) is 0 Å². The Kier molecular flexibility index (Phi) is 3.48. The van der Waals surface area contributed by atoms with Crippen molar-refractivity contribution in [1.82, 2.24) is 5.43 Å². The van der Waals surface area contributed by atoms with Gasteiger partial charge in [-0.1, -0.05) is 6.07 Å². The number of hydrogen-bond donors (Lipinski definition) is 3. The highest BCUT2D eigenvalue weighted by Crippen LogP contribution is 2.16. The molecule has 5 heteroatoms. The van der Waals surface area contributed by atoms with E-state index in [0.717, 1.165) is 11.4 Å². The largest absolute Gasteiger partial charge is 0.497 e. The average molecular weight is 197 g/mol. The first kappa shape index (κ1) is 9.76. The third-order valence-electron chi connectivity index (χ3n) is 1.46. The van der Waals surface area contributed by atoms with Crippen LogP contribution in [-0.2, 0) is 0 Å². The third kappa shape index (κ3) is 2.89. The number of ether oxygens (including phenoxy) is 1. The monoisotopic (exact) mass is 197 g/mol. The minimum absolute atomic E-state index is 0.369. The molecule has 0 heterocycles. The number of methoxy groups -OCH3 is 1. The van der Waals surface area contributed by atoms with Crippen LogP contribution in [0.5, 0.6) is 5.75 Å². The normalized spacial score (nSPS) is 9.08. The molecule has 1 rings (SSSR count). The molecule has 0 aromatic heterocycles. The maximum atomic E-state index is 5.11. The van der Waals surface area contributed by atoms with Crippen molar-refractivity contribution < 1.29 is 4.74 Å². The minimum Gasteiger partial charge on any atom is -0.497 e. The Morgan fingerprint density at radius 2 is 2.31 bits per heavy atom. The Morgan fingerprint density at radius 1 is 1.54 bits per heavy atom. The molecule has 4 N–H and O–H groups in total. The predicted molar refractivity (Wildman–Crippen MR) is 56.5 cm³/mol. The lowest BCUT2D eigenvalue weighted by Gasteiger charge is -2.07. The van der Waals surface area contributed by atoms with Crippen molar-refractivity contribution in [3.05, 3.63) is 24.3 Å². The number of hydrazine groups is 1. The van der Waals surface area contributed by atoms with Crippen molar-refractivity contribution >= 4 is 23.0 Å². The van der Waals surface area contributed by atoms with Gasteiger partial charge < -0.3 is 15.5 Å². The second-order valence-electron chi connectivity index (χ2n) is 2.33. The molecule has 0 atom stereocenters. The summed E-state index contributed by atoms with van der Waals surface area (Å²) < 4.78 is 5.04. The topological polar surface area (TPSA) is 59.3 Å². The molecule has 13 heavy (non-hydrogen) atoms. The zero-order valence-electron chi connectivity index (χ0n) is 7.20. The summed E-state index contributed by atoms with van der Waals surface area (Å²) in [4.78, 5) is 0. The number of thiocarbonyl (C=S) groups is 1. The van der Waals surface area contributed by atoms with E-state index in [1.54, 1.807) is 7.11 Å². The van der Waals surface area contributed by atoms with Crippen LogP contribution in [0, 0.1) is 0 Å². The molecular formula is C8H11N3OS. The van der Waals surface area contributed by atoms with E-state index in [1.165, 1.54) is 0 Å². The molecule has 0 saturated heterocycles. The Morgan fingerprint density at radius 3 is 2.92 bits per heavy atom. The molecule has 0 amide bonds. The highest BCUT2D eigenvalue weighted by atomic mass is 32.1. The second kappa shape index (κ2) is 4.64. The van der Waals surface area contributed by atoms with E-state index in [2.05, 4.69) is 10.7 Å². The van der Waals surface area contributed by atoms with Gasteiger partial charge in [-0.05, 0) is 24.4 Å². The molecule has 0 saturated carbocycles. The molecule has 0 unspecified atom stereocenters.